The fourth-order valence-corrected chi connectivity index (χ4v) is 3.31. The van der Waals surface area contributed by atoms with Crippen LogP contribution < -0.4 is 5.32 Å². The third-order valence-corrected chi connectivity index (χ3v) is 4.73. The Kier molecular flexibility index (Phi) is 4.06. The summed E-state index contributed by atoms with van der Waals surface area (Å²) in [5, 5.41) is 3.60. The molecule has 3 rings (SSSR count). The van der Waals surface area contributed by atoms with Crippen LogP contribution in [0.1, 0.15) is 30.9 Å². The lowest BCUT2D eigenvalue weighted by molar-refractivity contribution is 0.0835. The van der Waals surface area contributed by atoms with E-state index in [1.54, 1.807) is 12.1 Å². The van der Waals surface area contributed by atoms with E-state index < -0.39 is 0 Å². The number of halogens is 2. The summed E-state index contributed by atoms with van der Waals surface area (Å²) in [4.78, 5) is 2.50. The van der Waals surface area contributed by atoms with Gasteiger partial charge in [0.2, 0.25) is 0 Å². The minimum absolute atomic E-state index is 0.219. The first kappa shape index (κ1) is 13.3. The lowest BCUT2D eigenvalue weighted by Gasteiger charge is -2.43. The molecule has 0 spiro atoms. The summed E-state index contributed by atoms with van der Waals surface area (Å²) in [6, 6.07) is 5.69. The van der Waals surface area contributed by atoms with Gasteiger partial charge in [0.15, 0.2) is 0 Å². The lowest BCUT2D eigenvalue weighted by atomic mass is 9.76. The molecule has 1 heterocycles. The summed E-state index contributed by atoms with van der Waals surface area (Å²) < 4.78 is 13.7. The summed E-state index contributed by atoms with van der Waals surface area (Å²) >= 11 is 5.80. The van der Waals surface area contributed by atoms with Crippen LogP contribution in [0.15, 0.2) is 18.2 Å². The first-order valence-electron chi connectivity index (χ1n) is 7.15. The molecule has 1 N–H and O–H groups in total. The van der Waals surface area contributed by atoms with Crippen molar-refractivity contribution in [3.63, 3.8) is 0 Å². The Bertz CT molecular complexity index is 442. The van der Waals surface area contributed by atoms with E-state index in [4.69, 9.17) is 11.6 Å². The number of benzene rings is 1. The minimum atomic E-state index is -0.293. The molecule has 0 aromatic heterocycles. The number of hydrogen-bond acceptors (Lipinski definition) is 2. The zero-order valence-electron chi connectivity index (χ0n) is 11.0. The molecule has 1 saturated heterocycles. The van der Waals surface area contributed by atoms with E-state index in [0.717, 1.165) is 31.7 Å². The fourth-order valence-electron chi connectivity index (χ4n) is 3.19. The van der Waals surface area contributed by atoms with E-state index in [1.165, 1.54) is 19.3 Å². The van der Waals surface area contributed by atoms with Crippen molar-refractivity contribution < 1.29 is 4.39 Å². The average molecular weight is 283 g/mol. The van der Waals surface area contributed by atoms with E-state index in [2.05, 4.69) is 10.2 Å². The van der Waals surface area contributed by atoms with Crippen LogP contribution >= 0.6 is 11.6 Å². The van der Waals surface area contributed by atoms with E-state index in [1.807, 2.05) is 6.07 Å². The van der Waals surface area contributed by atoms with E-state index >= 15 is 0 Å². The number of rotatable bonds is 3. The Balaban J connectivity index is 1.86. The Hall–Kier alpha value is -0.640. The van der Waals surface area contributed by atoms with Gasteiger partial charge in [0.05, 0.1) is 5.02 Å². The minimum Gasteiger partial charge on any atom is -0.314 e. The quantitative estimate of drug-likeness (QED) is 0.916. The summed E-state index contributed by atoms with van der Waals surface area (Å²) in [6.07, 6.45) is 3.83. The van der Waals surface area contributed by atoms with Crippen molar-refractivity contribution in [2.75, 3.05) is 26.2 Å². The predicted molar refractivity (Wildman–Crippen MR) is 75.9 cm³/mol. The number of piperazine rings is 1. The molecule has 0 amide bonds. The average Bonchev–Trinajstić information content (AvgIpc) is 2.38. The molecule has 1 aromatic carbocycles. The molecule has 2 aliphatic rings. The molecule has 4 heteroatoms. The Labute approximate surface area is 118 Å². The number of nitrogens with zero attached hydrogens (tertiary/aromatic N) is 1. The topological polar surface area (TPSA) is 15.3 Å². The van der Waals surface area contributed by atoms with Crippen molar-refractivity contribution in [2.24, 2.45) is 5.92 Å². The third kappa shape index (κ3) is 2.78. The summed E-state index contributed by atoms with van der Waals surface area (Å²) in [5.41, 5.74) is 1.09. The molecule has 0 bridgehead atoms. The van der Waals surface area contributed by atoms with Crippen molar-refractivity contribution in [3.05, 3.63) is 34.6 Å². The van der Waals surface area contributed by atoms with Gasteiger partial charge in [0.25, 0.3) is 0 Å². The smallest absolute Gasteiger partial charge is 0.142 e. The second kappa shape index (κ2) is 5.78. The lowest BCUT2D eigenvalue weighted by Crippen LogP contribution is -2.47. The van der Waals surface area contributed by atoms with E-state index in [0.29, 0.717) is 12.0 Å². The molecule has 1 aliphatic carbocycles. The monoisotopic (exact) mass is 282 g/mol. The van der Waals surface area contributed by atoms with Gasteiger partial charge in [-0.05, 0) is 36.5 Å². The highest BCUT2D eigenvalue weighted by Gasteiger charge is 2.33. The van der Waals surface area contributed by atoms with E-state index in [-0.39, 0.29) is 10.8 Å². The second-order valence-corrected chi connectivity index (χ2v) is 6.00. The van der Waals surface area contributed by atoms with Crippen LogP contribution in [0, 0.1) is 11.7 Å². The second-order valence-electron chi connectivity index (χ2n) is 5.60. The van der Waals surface area contributed by atoms with Crippen LogP contribution in [0.4, 0.5) is 4.39 Å². The molecule has 1 aromatic rings. The zero-order chi connectivity index (χ0) is 13.2. The summed E-state index contributed by atoms with van der Waals surface area (Å²) in [6.45, 7) is 4.15. The maximum Gasteiger partial charge on any atom is 0.142 e. The number of nitrogens with one attached hydrogen (secondary N) is 1. The largest absolute Gasteiger partial charge is 0.314 e. The normalized spacial score (nSPS) is 23.1. The molecular formula is C15H20ClFN2. The van der Waals surface area contributed by atoms with Gasteiger partial charge in [-0.15, -0.1) is 0 Å². The van der Waals surface area contributed by atoms with Gasteiger partial charge in [-0.3, -0.25) is 4.90 Å². The molecule has 1 atom stereocenters. The fraction of sp³-hybridized carbons (Fsp3) is 0.600. The zero-order valence-corrected chi connectivity index (χ0v) is 11.8. The van der Waals surface area contributed by atoms with Crippen molar-refractivity contribution in [1.29, 1.82) is 0 Å². The van der Waals surface area contributed by atoms with Crippen molar-refractivity contribution in [1.82, 2.24) is 10.2 Å². The maximum atomic E-state index is 13.7. The molecule has 2 nitrogen and oxygen atoms in total. The first-order chi connectivity index (χ1) is 9.25. The van der Waals surface area contributed by atoms with Gasteiger partial charge in [-0.2, -0.15) is 0 Å². The highest BCUT2D eigenvalue weighted by molar-refractivity contribution is 6.30. The van der Waals surface area contributed by atoms with Crippen LogP contribution in [0.5, 0.6) is 0 Å². The Morgan fingerprint density at radius 3 is 2.58 bits per heavy atom. The highest BCUT2D eigenvalue weighted by atomic mass is 35.5. The molecule has 104 valence electrons. The van der Waals surface area contributed by atoms with Crippen LogP contribution in [0.2, 0.25) is 5.02 Å². The molecule has 0 unspecified atom stereocenters. The Morgan fingerprint density at radius 2 is 2.00 bits per heavy atom. The van der Waals surface area contributed by atoms with Crippen LogP contribution in [-0.4, -0.2) is 31.1 Å². The molecule has 19 heavy (non-hydrogen) atoms. The molecule has 1 aliphatic heterocycles. The van der Waals surface area contributed by atoms with Crippen molar-refractivity contribution in [3.8, 4) is 0 Å². The van der Waals surface area contributed by atoms with Crippen molar-refractivity contribution >= 4 is 11.6 Å². The molecular weight excluding hydrogens is 263 g/mol. The predicted octanol–water partition coefficient (Wildman–Crippen LogP) is 3.23. The number of hydrogen-bond donors (Lipinski definition) is 1. The molecule has 1 saturated carbocycles. The Morgan fingerprint density at radius 1 is 1.26 bits per heavy atom. The molecule has 2 fully saturated rings. The summed E-state index contributed by atoms with van der Waals surface area (Å²) in [5.74, 6) is 0.386. The van der Waals surface area contributed by atoms with Gasteiger partial charge >= 0.3 is 0 Å². The third-order valence-electron chi connectivity index (χ3n) is 4.43. The van der Waals surface area contributed by atoms with Gasteiger partial charge in [0, 0.05) is 32.2 Å². The SMILES string of the molecule is Fc1cc([C@@H](C2CCC2)N2CCNCC2)ccc1Cl. The van der Waals surface area contributed by atoms with Gasteiger partial charge < -0.3 is 5.32 Å². The molecule has 0 radical (unpaired) electrons. The standard InChI is InChI=1S/C15H20ClFN2/c16-13-5-4-12(10-14(13)17)15(11-2-1-3-11)19-8-6-18-7-9-19/h4-5,10-11,15,18H,1-3,6-9H2/t15-/m1/s1. The summed E-state index contributed by atoms with van der Waals surface area (Å²) in [7, 11) is 0. The first-order valence-corrected chi connectivity index (χ1v) is 7.53. The van der Waals surface area contributed by atoms with Gasteiger partial charge in [-0.1, -0.05) is 24.1 Å². The maximum absolute atomic E-state index is 13.7. The van der Waals surface area contributed by atoms with Crippen LogP contribution in [0.3, 0.4) is 0 Å². The van der Waals surface area contributed by atoms with E-state index in [9.17, 15) is 4.39 Å². The highest BCUT2D eigenvalue weighted by Crippen LogP contribution is 2.41. The van der Waals surface area contributed by atoms with Crippen LogP contribution in [0.25, 0.3) is 0 Å². The van der Waals surface area contributed by atoms with Crippen molar-refractivity contribution in [2.45, 2.75) is 25.3 Å². The van der Waals surface area contributed by atoms with Gasteiger partial charge in [0.1, 0.15) is 5.82 Å². The van der Waals surface area contributed by atoms with Crippen LogP contribution in [-0.2, 0) is 0 Å². The van der Waals surface area contributed by atoms with Gasteiger partial charge in [-0.25, -0.2) is 4.39 Å².